The first-order valence-corrected chi connectivity index (χ1v) is 21.4. The summed E-state index contributed by atoms with van der Waals surface area (Å²) in [5.41, 5.74) is 6.45. The van der Waals surface area contributed by atoms with E-state index in [2.05, 4.69) is 61.8 Å². The van der Waals surface area contributed by atoms with Crippen LogP contribution in [-0.4, -0.2) is 156 Å². The number of aliphatic hydroxyl groups excluding tert-OH is 10. The van der Waals surface area contributed by atoms with Crippen molar-refractivity contribution in [3.63, 3.8) is 0 Å². The normalized spacial score (nSPS) is 15.1. The first kappa shape index (κ1) is 50.5. The Labute approximate surface area is 390 Å². The summed E-state index contributed by atoms with van der Waals surface area (Å²) in [6.45, 7) is 1.67. The zero-order valence-electron chi connectivity index (χ0n) is 37.0. The van der Waals surface area contributed by atoms with E-state index in [1.54, 1.807) is 0 Å². The number of anilines is 10. The average Bonchev–Trinajstić information content (AvgIpc) is 3.34. The zero-order chi connectivity index (χ0) is 48.7. The summed E-state index contributed by atoms with van der Waals surface area (Å²) in [6, 6.07) is 29.8. The van der Waals surface area contributed by atoms with Crippen LogP contribution in [-0.2, 0) is 0 Å². The van der Waals surface area contributed by atoms with E-state index in [1.165, 1.54) is 0 Å². The van der Waals surface area contributed by atoms with Crippen molar-refractivity contribution in [2.24, 2.45) is 0 Å². The van der Waals surface area contributed by atoms with Gasteiger partial charge in [0.15, 0.2) is 0 Å². The SMILES string of the molecule is Cc1cc(Nc2nc(NCC(O)C(O)C(O)C(O)CO)nc(Nc3ccccc3)n2)ccc1C=Cc1ccc(Nc2nc(NCC(O)C(O)C(O)C(O)CO)nc(Nc3ccccc3)n2)cc1C. The molecule has 22 nitrogen and oxygen atoms in total. The molecule has 16 N–H and O–H groups in total. The van der Waals surface area contributed by atoms with E-state index in [-0.39, 0.29) is 48.8 Å². The standard InChI is InChI=1S/C46H56N12O10/c1-25-19-31(51-45-55-41(47-21-33(61)37(65)39(67)35(63)23-59)53-43(57-45)49-29-9-5-3-6-10-29)17-15-27(25)13-14-28-16-18-32(20-26(28)2)52-46-56-42(48-22-34(62)38(66)40(68)36(64)24-60)54-44(58-46)50-30-11-7-4-8-12-30/h3-20,33-40,59-68H,21-24H2,1-2H3,(H3,47,49,51,53,55,57)(H3,48,50,52,54,56,58). The molecule has 0 aliphatic heterocycles. The third-order valence-electron chi connectivity index (χ3n) is 10.4. The first-order valence-electron chi connectivity index (χ1n) is 21.4. The van der Waals surface area contributed by atoms with Crippen LogP contribution in [0, 0.1) is 13.8 Å². The second-order valence-electron chi connectivity index (χ2n) is 15.7. The Morgan fingerprint density at radius 3 is 1.03 bits per heavy atom. The predicted octanol–water partition coefficient (Wildman–Crippen LogP) is 1.51. The molecule has 0 amide bonds. The Kier molecular flexibility index (Phi) is 17.9. The van der Waals surface area contributed by atoms with Crippen LogP contribution in [0.3, 0.4) is 0 Å². The molecule has 4 aromatic carbocycles. The van der Waals surface area contributed by atoms with Crippen molar-refractivity contribution >= 4 is 70.6 Å². The summed E-state index contributed by atoms with van der Waals surface area (Å²) in [5, 5.41) is 117. The van der Waals surface area contributed by atoms with Gasteiger partial charge < -0.3 is 83.0 Å². The third kappa shape index (κ3) is 14.3. The number of hydrogen-bond donors (Lipinski definition) is 16. The summed E-state index contributed by atoms with van der Waals surface area (Å²) in [4.78, 5) is 26.6. The molecule has 0 saturated carbocycles. The highest BCUT2D eigenvalue weighted by atomic mass is 16.4. The fraction of sp³-hybridized carbons (Fsp3) is 0.304. The van der Waals surface area contributed by atoms with Gasteiger partial charge in [-0.25, -0.2) is 0 Å². The van der Waals surface area contributed by atoms with Gasteiger partial charge in [-0.15, -0.1) is 0 Å². The Bertz CT molecular complexity index is 2390. The summed E-state index contributed by atoms with van der Waals surface area (Å²) in [7, 11) is 0. The van der Waals surface area contributed by atoms with Gasteiger partial charge in [0.2, 0.25) is 35.7 Å². The van der Waals surface area contributed by atoms with E-state index in [0.717, 1.165) is 22.3 Å². The molecule has 0 fully saturated rings. The van der Waals surface area contributed by atoms with Crippen LogP contribution in [0.4, 0.5) is 58.4 Å². The predicted molar refractivity (Wildman–Crippen MR) is 256 cm³/mol. The molecule has 6 rings (SSSR count). The van der Waals surface area contributed by atoms with Crippen LogP contribution < -0.4 is 31.9 Å². The van der Waals surface area contributed by atoms with Gasteiger partial charge in [-0.1, -0.05) is 60.7 Å². The maximum atomic E-state index is 10.5. The summed E-state index contributed by atoms with van der Waals surface area (Å²) >= 11 is 0. The number of aliphatic hydroxyl groups is 10. The molecule has 2 aromatic heterocycles. The van der Waals surface area contributed by atoms with Gasteiger partial charge in [-0.3, -0.25) is 0 Å². The summed E-state index contributed by atoms with van der Waals surface area (Å²) in [5.74, 6) is 0.692. The maximum Gasteiger partial charge on any atom is 0.233 e. The van der Waals surface area contributed by atoms with Crippen molar-refractivity contribution in [3.8, 4) is 0 Å². The van der Waals surface area contributed by atoms with Crippen molar-refractivity contribution in [1.82, 2.24) is 29.9 Å². The number of para-hydroxylation sites is 2. The van der Waals surface area contributed by atoms with Gasteiger partial charge in [0.05, 0.1) is 25.4 Å². The number of hydrogen-bond acceptors (Lipinski definition) is 22. The molecule has 0 spiro atoms. The molecule has 22 heteroatoms. The van der Waals surface area contributed by atoms with Crippen LogP contribution in [0.25, 0.3) is 12.2 Å². The minimum absolute atomic E-state index is 0.0292. The number of nitrogens with one attached hydrogen (secondary N) is 6. The fourth-order valence-electron chi connectivity index (χ4n) is 6.51. The summed E-state index contributed by atoms with van der Waals surface area (Å²) < 4.78 is 0. The van der Waals surface area contributed by atoms with Crippen molar-refractivity contribution in [2.75, 3.05) is 58.2 Å². The molecule has 0 radical (unpaired) electrons. The number of benzene rings is 4. The number of rotatable bonds is 24. The van der Waals surface area contributed by atoms with E-state index >= 15 is 0 Å². The van der Waals surface area contributed by atoms with Crippen LogP contribution in [0.2, 0.25) is 0 Å². The smallest absolute Gasteiger partial charge is 0.233 e. The van der Waals surface area contributed by atoms with E-state index in [0.29, 0.717) is 22.7 Å². The lowest BCUT2D eigenvalue weighted by Crippen LogP contribution is -2.48. The minimum Gasteiger partial charge on any atom is -0.394 e. The van der Waals surface area contributed by atoms with Gasteiger partial charge in [0, 0.05) is 35.8 Å². The highest BCUT2D eigenvalue weighted by Gasteiger charge is 2.31. The van der Waals surface area contributed by atoms with Crippen LogP contribution in [0.15, 0.2) is 97.1 Å². The van der Waals surface area contributed by atoms with E-state index in [1.807, 2.05) is 123 Å². The topological polar surface area (TPSA) is 352 Å². The van der Waals surface area contributed by atoms with Gasteiger partial charge in [-0.05, 0) is 84.6 Å². The van der Waals surface area contributed by atoms with Crippen LogP contribution in [0.1, 0.15) is 22.3 Å². The lowest BCUT2D eigenvalue weighted by atomic mass is 10.0. The maximum absolute atomic E-state index is 10.5. The molecule has 8 unspecified atom stereocenters. The monoisotopic (exact) mass is 936 g/mol. The second-order valence-corrected chi connectivity index (χ2v) is 15.7. The number of aryl methyl sites for hydroxylation is 2. The Hall–Kier alpha value is -6.96. The quantitative estimate of drug-likeness (QED) is 0.0382. The molecule has 360 valence electrons. The zero-order valence-corrected chi connectivity index (χ0v) is 37.0. The molecule has 68 heavy (non-hydrogen) atoms. The van der Waals surface area contributed by atoms with E-state index < -0.39 is 62.0 Å². The van der Waals surface area contributed by atoms with Gasteiger partial charge in [0.1, 0.15) is 36.6 Å². The highest BCUT2D eigenvalue weighted by Crippen LogP contribution is 2.25. The molecule has 2 heterocycles. The molecule has 0 aliphatic rings. The molecule has 0 aliphatic carbocycles. The van der Waals surface area contributed by atoms with Crippen molar-refractivity contribution in [2.45, 2.75) is 62.7 Å². The largest absolute Gasteiger partial charge is 0.394 e. The average molecular weight is 937 g/mol. The Morgan fingerprint density at radius 2 is 0.706 bits per heavy atom. The second kappa shape index (κ2) is 24.2. The van der Waals surface area contributed by atoms with Crippen molar-refractivity contribution in [1.29, 1.82) is 0 Å². The minimum atomic E-state index is -1.79. The van der Waals surface area contributed by atoms with Gasteiger partial charge in [0.25, 0.3) is 0 Å². The molecular formula is C46H56N12O10. The molecule has 0 saturated heterocycles. The first-order chi connectivity index (χ1) is 32.7. The van der Waals surface area contributed by atoms with Crippen LogP contribution >= 0.6 is 0 Å². The van der Waals surface area contributed by atoms with Crippen molar-refractivity contribution < 1.29 is 51.1 Å². The molecule has 0 bridgehead atoms. The fourth-order valence-corrected chi connectivity index (χ4v) is 6.51. The van der Waals surface area contributed by atoms with E-state index in [9.17, 15) is 40.9 Å². The molecule has 8 atom stereocenters. The highest BCUT2D eigenvalue weighted by molar-refractivity contribution is 5.75. The van der Waals surface area contributed by atoms with Gasteiger partial charge in [-0.2, -0.15) is 29.9 Å². The van der Waals surface area contributed by atoms with E-state index in [4.69, 9.17) is 10.2 Å². The molecular weight excluding hydrogens is 881 g/mol. The Balaban J connectivity index is 1.14. The van der Waals surface area contributed by atoms with Crippen molar-refractivity contribution in [3.05, 3.63) is 119 Å². The van der Waals surface area contributed by atoms with Gasteiger partial charge >= 0.3 is 0 Å². The summed E-state index contributed by atoms with van der Waals surface area (Å²) in [6.07, 6.45) is -9.58. The number of nitrogens with zero attached hydrogens (tertiary/aromatic N) is 6. The lowest BCUT2D eigenvalue weighted by molar-refractivity contribution is -0.111. The molecule has 6 aromatic rings. The third-order valence-corrected chi connectivity index (χ3v) is 10.4. The van der Waals surface area contributed by atoms with Crippen LogP contribution in [0.5, 0.6) is 0 Å². The lowest BCUT2D eigenvalue weighted by Gasteiger charge is -2.25. The number of aromatic nitrogens is 6. The Morgan fingerprint density at radius 1 is 0.397 bits per heavy atom.